The van der Waals surface area contributed by atoms with Crippen LogP contribution in [0.3, 0.4) is 0 Å². The summed E-state index contributed by atoms with van der Waals surface area (Å²) in [6.45, 7) is 5.16. The van der Waals surface area contributed by atoms with Crippen LogP contribution in [0.4, 0.5) is 0 Å². The molecule has 0 aliphatic rings. The smallest absolute Gasteiger partial charge is 0.216 e. The highest BCUT2D eigenvalue weighted by Gasteiger charge is 2.20. The van der Waals surface area contributed by atoms with E-state index in [1.54, 1.807) is 24.3 Å². The van der Waals surface area contributed by atoms with Gasteiger partial charge in [0.2, 0.25) is 5.78 Å². The predicted octanol–water partition coefficient (Wildman–Crippen LogP) is 3.07. The number of ketones is 2. The van der Waals surface area contributed by atoms with Crippen molar-refractivity contribution < 1.29 is 14.3 Å². The fourth-order valence-corrected chi connectivity index (χ4v) is 1.94. The van der Waals surface area contributed by atoms with E-state index in [1.165, 1.54) is 6.92 Å². The molecule has 3 nitrogen and oxygen atoms in total. The van der Waals surface area contributed by atoms with Crippen LogP contribution in [0, 0.1) is 0 Å². The molecule has 1 aromatic rings. The normalized spacial score (nSPS) is 12.3. The summed E-state index contributed by atoms with van der Waals surface area (Å²) in [6, 6.07) is 7.13. The van der Waals surface area contributed by atoms with E-state index < -0.39 is 16.4 Å². The van der Waals surface area contributed by atoms with E-state index in [2.05, 4.69) is 15.9 Å². The topological polar surface area (TPSA) is 43.4 Å². The van der Waals surface area contributed by atoms with Crippen LogP contribution in [0.2, 0.25) is 0 Å². The average molecular weight is 299 g/mol. The van der Waals surface area contributed by atoms with Crippen molar-refractivity contribution in [2.45, 2.75) is 31.7 Å². The molecule has 0 heterocycles. The maximum atomic E-state index is 11.5. The maximum absolute atomic E-state index is 11.5. The summed E-state index contributed by atoms with van der Waals surface area (Å²) in [5.41, 5.74) is 0.751. The molecule has 0 aromatic heterocycles. The van der Waals surface area contributed by atoms with Crippen LogP contribution in [0.15, 0.2) is 24.3 Å². The van der Waals surface area contributed by atoms with Gasteiger partial charge in [-0.05, 0) is 31.5 Å². The third-order valence-electron chi connectivity index (χ3n) is 2.12. The van der Waals surface area contributed by atoms with Crippen molar-refractivity contribution in [1.82, 2.24) is 0 Å². The van der Waals surface area contributed by atoms with Crippen LogP contribution >= 0.6 is 15.9 Å². The Morgan fingerprint density at radius 1 is 1.18 bits per heavy atom. The van der Waals surface area contributed by atoms with Crippen molar-refractivity contribution in [3.8, 4) is 5.75 Å². The zero-order chi connectivity index (χ0) is 13.0. The molecule has 0 aliphatic carbocycles. The summed E-state index contributed by atoms with van der Waals surface area (Å²) in [5, 5.41) is 0. The first kappa shape index (κ1) is 13.9. The molecule has 0 saturated heterocycles. The van der Waals surface area contributed by atoms with Gasteiger partial charge >= 0.3 is 0 Å². The second-order valence-corrected chi connectivity index (χ2v) is 4.93. The fraction of sp³-hybridized carbons (Fsp3) is 0.385. The highest BCUT2D eigenvalue weighted by Crippen LogP contribution is 2.26. The first-order chi connectivity index (χ1) is 7.91. The molecule has 17 heavy (non-hydrogen) atoms. The third-order valence-corrected chi connectivity index (χ3v) is 3.07. The molecule has 0 fully saturated rings. The molecule has 1 aromatic carbocycles. The monoisotopic (exact) mass is 298 g/mol. The first-order valence-corrected chi connectivity index (χ1v) is 6.29. The molecule has 92 valence electrons. The molecule has 1 atom stereocenters. The van der Waals surface area contributed by atoms with Crippen molar-refractivity contribution in [3.63, 3.8) is 0 Å². The largest absolute Gasteiger partial charge is 0.491 e. The van der Waals surface area contributed by atoms with Gasteiger partial charge in [0, 0.05) is 6.92 Å². The Kier molecular flexibility index (Phi) is 4.87. The molecule has 0 saturated carbocycles. The number of ether oxygens (including phenoxy) is 1. The van der Waals surface area contributed by atoms with Crippen LogP contribution in [-0.4, -0.2) is 17.7 Å². The zero-order valence-electron chi connectivity index (χ0n) is 10.1. The lowest BCUT2D eigenvalue weighted by Gasteiger charge is -2.11. The average Bonchev–Trinajstić information content (AvgIpc) is 2.27. The van der Waals surface area contributed by atoms with Crippen LogP contribution in [-0.2, 0) is 9.59 Å². The molecule has 0 N–H and O–H groups in total. The minimum atomic E-state index is -0.576. The van der Waals surface area contributed by atoms with E-state index in [9.17, 15) is 9.59 Å². The number of carbonyl (C=O) groups excluding carboxylic acids is 2. The summed E-state index contributed by atoms with van der Waals surface area (Å²) in [7, 11) is 0. The molecule has 0 amide bonds. The third kappa shape index (κ3) is 3.97. The van der Waals surface area contributed by atoms with Crippen molar-refractivity contribution in [3.05, 3.63) is 29.8 Å². The molecule has 1 rings (SSSR count). The van der Waals surface area contributed by atoms with Crippen LogP contribution in [0.1, 0.15) is 31.2 Å². The Morgan fingerprint density at radius 2 is 1.71 bits per heavy atom. The number of hydrogen-bond acceptors (Lipinski definition) is 3. The van der Waals surface area contributed by atoms with Gasteiger partial charge in [-0.1, -0.05) is 28.1 Å². The number of alkyl halides is 1. The number of halogens is 1. The van der Waals surface area contributed by atoms with Gasteiger partial charge in [0.25, 0.3) is 0 Å². The van der Waals surface area contributed by atoms with Gasteiger partial charge in [0.05, 0.1) is 6.10 Å². The summed E-state index contributed by atoms with van der Waals surface area (Å²) < 4.78 is 5.49. The molecule has 0 bridgehead atoms. The lowest BCUT2D eigenvalue weighted by molar-refractivity contribution is -0.135. The Balaban J connectivity index is 2.80. The minimum absolute atomic E-state index is 0.111. The Hall–Kier alpha value is -1.16. The lowest BCUT2D eigenvalue weighted by atomic mass is 10.1. The van der Waals surface area contributed by atoms with Crippen LogP contribution in [0.5, 0.6) is 5.75 Å². The molecule has 0 spiro atoms. The molecular weight excluding hydrogens is 284 g/mol. The predicted molar refractivity (Wildman–Crippen MR) is 69.6 cm³/mol. The Bertz CT molecular complexity index is 409. The number of Topliss-reactive ketones (excluding diaryl/α,β-unsaturated/α-hetero) is 2. The lowest BCUT2D eigenvalue weighted by Crippen LogP contribution is -2.15. The van der Waals surface area contributed by atoms with E-state index in [0.717, 1.165) is 11.3 Å². The quantitative estimate of drug-likeness (QED) is 0.620. The highest BCUT2D eigenvalue weighted by atomic mass is 79.9. The van der Waals surface area contributed by atoms with Crippen molar-refractivity contribution in [2.24, 2.45) is 0 Å². The van der Waals surface area contributed by atoms with Gasteiger partial charge in [-0.2, -0.15) is 0 Å². The number of rotatable bonds is 5. The number of benzene rings is 1. The number of carbonyl (C=O) groups is 2. The van der Waals surface area contributed by atoms with Crippen LogP contribution in [0.25, 0.3) is 0 Å². The van der Waals surface area contributed by atoms with Crippen molar-refractivity contribution >= 4 is 27.5 Å². The van der Waals surface area contributed by atoms with Gasteiger partial charge in [-0.25, -0.2) is 0 Å². The molecule has 4 heteroatoms. The fourth-order valence-electron chi connectivity index (χ4n) is 1.32. The highest BCUT2D eigenvalue weighted by molar-refractivity contribution is 9.09. The van der Waals surface area contributed by atoms with Gasteiger partial charge < -0.3 is 4.74 Å². The second-order valence-electron chi connectivity index (χ2n) is 4.02. The summed E-state index contributed by atoms with van der Waals surface area (Å²) >= 11 is 3.22. The SMILES string of the molecule is CC(=O)C(=O)C(Br)c1ccc(OC(C)C)cc1. The van der Waals surface area contributed by atoms with E-state index in [0.29, 0.717) is 0 Å². The van der Waals surface area contributed by atoms with E-state index in [-0.39, 0.29) is 6.10 Å². The van der Waals surface area contributed by atoms with Crippen molar-refractivity contribution in [1.29, 1.82) is 0 Å². The Morgan fingerprint density at radius 3 is 2.12 bits per heavy atom. The summed E-state index contributed by atoms with van der Waals surface area (Å²) in [4.78, 5) is 21.9. The zero-order valence-corrected chi connectivity index (χ0v) is 11.7. The van der Waals surface area contributed by atoms with Gasteiger partial charge in [0.1, 0.15) is 10.6 Å². The molecule has 0 aliphatic heterocycles. The maximum Gasteiger partial charge on any atom is 0.216 e. The second kappa shape index (κ2) is 5.96. The van der Waals surface area contributed by atoms with E-state index >= 15 is 0 Å². The van der Waals surface area contributed by atoms with Crippen molar-refractivity contribution in [2.75, 3.05) is 0 Å². The molecular formula is C13H15BrO3. The number of hydrogen-bond donors (Lipinski definition) is 0. The van der Waals surface area contributed by atoms with Crippen LogP contribution < -0.4 is 4.74 Å². The van der Waals surface area contributed by atoms with Gasteiger partial charge in [0.15, 0.2) is 5.78 Å². The summed E-state index contributed by atoms with van der Waals surface area (Å²) in [6.07, 6.45) is 0.111. The molecule has 1 unspecified atom stereocenters. The van der Waals surface area contributed by atoms with Gasteiger partial charge in [-0.3, -0.25) is 9.59 Å². The van der Waals surface area contributed by atoms with Gasteiger partial charge in [-0.15, -0.1) is 0 Å². The first-order valence-electron chi connectivity index (χ1n) is 5.37. The summed E-state index contributed by atoms with van der Waals surface area (Å²) in [5.74, 6) is -0.143. The van der Waals surface area contributed by atoms with E-state index in [1.807, 2.05) is 13.8 Å². The van der Waals surface area contributed by atoms with E-state index in [4.69, 9.17) is 4.74 Å². The standard InChI is InChI=1S/C13H15BrO3/c1-8(2)17-11-6-4-10(5-7-11)12(14)13(16)9(3)15/h4-8,12H,1-3H3. The Labute approximate surface area is 109 Å². The molecule has 0 radical (unpaired) electrons. The minimum Gasteiger partial charge on any atom is -0.491 e.